The Bertz CT molecular complexity index is 1530. The number of piperazine rings is 1. The van der Waals surface area contributed by atoms with Gasteiger partial charge in [0.2, 0.25) is 0 Å². The highest BCUT2D eigenvalue weighted by atomic mass is 35.5. The Kier molecular flexibility index (Phi) is 8.61. The Balaban J connectivity index is 1.21. The lowest BCUT2D eigenvalue weighted by Gasteiger charge is -2.39. The lowest BCUT2D eigenvalue weighted by molar-refractivity contribution is -0.386. The summed E-state index contributed by atoms with van der Waals surface area (Å²) in [6, 6.07) is 15.0. The number of nitrogens with two attached hydrogens (primary N) is 1. The molecule has 1 aliphatic carbocycles. The Morgan fingerprint density at radius 3 is 2.24 bits per heavy atom. The normalized spacial score (nSPS) is 18.0. The third-order valence-electron chi connectivity index (χ3n) is 8.02. The minimum Gasteiger partial charge on any atom is -0.369 e. The van der Waals surface area contributed by atoms with E-state index in [0.29, 0.717) is 5.82 Å². The first kappa shape index (κ1) is 29.4. The molecule has 1 aromatic heterocycles. The van der Waals surface area contributed by atoms with Crippen molar-refractivity contribution in [2.24, 2.45) is 5.41 Å². The van der Waals surface area contributed by atoms with Gasteiger partial charge in [-0.1, -0.05) is 43.2 Å². The van der Waals surface area contributed by atoms with E-state index in [1.165, 1.54) is 35.5 Å². The smallest absolute Gasteiger partial charge is 0.361 e. The maximum Gasteiger partial charge on any atom is 0.361 e. The number of hydrogen-bond acceptors (Lipinski definition) is 7. The SMILES string of the molecule is Cc1ncc(C(=O)[NH2+]S(=O)(=O)c2ccc(N3CCN(CC4=C(c5ccc(Cl)cc5)CC(C)(C)CC4)CC3)cc2)cn1. The van der Waals surface area contributed by atoms with Crippen LogP contribution in [-0.4, -0.2) is 61.9 Å². The number of amides is 1. The molecule has 5 rings (SSSR count). The lowest BCUT2D eigenvalue weighted by Crippen LogP contribution is -2.90. The van der Waals surface area contributed by atoms with Gasteiger partial charge in [0, 0.05) is 55.8 Å². The summed E-state index contributed by atoms with van der Waals surface area (Å²) in [6.07, 6.45) is 6.04. The number of hydrogen-bond donors (Lipinski definition) is 1. The minimum atomic E-state index is -3.90. The van der Waals surface area contributed by atoms with Crippen LogP contribution in [0.4, 0.5) is 5.69 Å². The molecule has 216 valence electrons. The Hall–Kier alpha value is -3.11. The van der Waals surface area contributed by atoms with E-state index in [1.807, 2.05) is 24.3 Å². The number of rotatable bonds is 7. The van der Waals surface area contributed by atoms with E-state index < -0.39 is 15.9 Å². The van der Waals surface area contributed by atoms with Crippen molar-refractivity contribution in [2.45, 2.75) is 44.9 Å². The number of allylic oxidation sites excluding steroid dienone is 1. The predicted molar refractivity (Wildman–Crippen MR) is 161 cm³/mol. The van der Waals surface area contributed by atoms with Gasteiger partial charge in [0.05, 0.1) is 0 Å². The molecule has 10 heteroatoms. The van der Waals surface area contributed by atoms with Gasteiger partial charge in [-0.2, -0.15) is 13.1 Å². The van der Waals surface area contributed by atoms with E-state index in [-0.39, 0.29) is 15.9 Å². The first-order chi connectivity index (χ1) is 19.5. The zero-order valence-electron chi connectivity index (χ0n) is 23.8. The number of primary amides is 1. The van der Waals surface area contributed by atoms with Crippen molar-refractivity contribution in [3.63, 3.8) is 0 Å². The molecular formula is C31H37ClN5O3S+. The van der Waals surface area contributed by atoms with Crippen molar-refractivity contribution in [3.8, 4) is 0 Å². The van der Waals surface area contributed by atoms with E-state index >= 15 is 0 Å². The summed E-state index contributed by atoms with van der Waals surface area (Å²) < 4.78 is 26.4. The van der Waals surface area contributed by atoms with E-state index in [4.69, 9.17) is 11.6 Å². The highest BCUT2D eigenvalue weighted by molar-refractivity contribution is 7.85. The number of quaternary nitrogens is 1. The molecule has 0 bridgehead atoms. The molecule has 0 atom stereocenters. The summed E-state index contributed by atoms with van der Waals surface area (Å²) in [5, 5.41) is 0.761. The van der Waals surface area contributed by atoms with Crippen molar-refractivity contribution in [1.29, 1.82) is 0 Å². The van der Waals surface area contributed by atoms with Crippen LogP contribution in [0.3, 0.4) is 0 Å². The number of primary sulfonamides is 1. The Labute approximate surface area is 247 Å². The largest absolute Gasteiger partial charge is 0.369 e. The van der Waals surface area contributed by atoms with Crippen molar-refractivity contribution in [1.82, 2.24) is 14.9 Å². The van der Waals surface area contributed by atoms with Gasteiger partial charge >= 0.3 is 15.9 Å². The topological polar surface area (TPSA) is 100 Å². The number of aromatic nitrogens is 2. The molecule has 1 saturated heterocycles. The van der Waals surface area contributed by atoms with Crippen LogP contribution in [0.2, 0.25) is 5.02 Å². The fourth-order valence-electron chi connectivity index (χ4n) is 5.54. The summed E-state index contributed by atoms with van der Waals surface area (Å²) in [6.45, 7) is 11.0. The van der Waals surface area contributed by atoms with E-state index in [0.717, 1.165) is 61.0 Å². The van der Waals surface area contributed by atoms with E-state index in [1.54, 1.807) is 19.1 Å². The molecule has 1 aliphatic heterocycles. The van der Waals surface area contributed by atoms with Crippen LogP contribution in [0, 0.1) is 12.3 Å². The molecule has 2 N–H and O–H groups in total. The predicted octanol–water partition coefficient (Wildman–Crippen LogP) is 4.32. The average Bonchev–Trinajstić information content (AvgIpc) is 2.95. The van der Waals surface area contributed by atoms with E-state index in [2.05, 4.69) is 45.7 Å². The quantitative estimate of drug-likeness (QED) is 0.435. The summed E-state index contributed by atoms with van der Waals surface area (Å²) >= 11 is 6.16. The Morgan fingerprint density at radius 1 is 0.976 bits per heavy atom. The molecule has 2 aromatic carbocycles. The summed E-state index contributed by atoms with van der Waals surface area (Å²) in [4.78, 5) is 25.3. The van der Waals surface area contributed by atoms with E-state index in [9.17, 15) is 13.2 Å². The molecule has 41 heavy (non-hydrogen) atoms. The molecule has 8 nitrogen and oxygen atoms in total. The van der Waals surface area contributed by atoms with Gasteiger partial charge < -0.3 is 4.90 Å². The third-order valence-corrected chi connectivity index (χ3v) is 9.73. The number of carbonyl (C=O) groups is 1. The van der Waals surface area contributed by atoms with Crippen LogP contribution in [0.1, 0.15) is 54.9 Å². The molecule has 3 aromatic rings. The molecule has 0 radical (unpaired) electrons. The van der Waals surface area contributed by atoms with Crippen LogP contribution < -0.4 is 9.62 Å². The van der Waals surface area contributed by atoms with Crippen LogP contribution in [-0.2, 0) is 10.0 Å². The zero-order valence-corrected chi connectivity index (χ0v) is 25.4. The van der Waals surface area contributed by atoms with Gasteiger partial charge in [-0.15, -0.1) is 0 Å². The van der Waals surface area contributed by atoms with Gasteiger partial charge in [-0.05, 0) is 79.1 Å². The highest BCUT2D eigenvalue weighted by Gasteiger charge is 2.30. The molecule has 2 heterocycles. The number of anilines is 1. The average molecular weight is 595 g/mol. The number of nitrogens with zero attached hydrogens (tertiary/aromatic N) is 4. The molecule has 0 unspecified atom stereocenters. The molecule has 0 saturated carbocycles. The number of benzene rings is 2. The lowest BCUT2D eigenvalue weighted by atomic mass is 9.72. The number of aryl methyl sites for hydroxylation is 1. The van der Waals surface area contributed by atoms with Gasteiger partial charge in [-0.25, -0.2) is 14.8 Å². The molecule has 0 spiro atoms. The maximum atomic E-state index is 12.8. The number of carbonyl (C=O) groups excluding carboxylic acids is 1. The van der Waals surface area contributed by atoms with Crippen molar-refractivity contribution < 1.29 is 17.9 Å². The van der Waals surface area contributed by atoms with Crippen LogP contribution in [0.5, 0.6) is 0 Å². The Morgan fingerprint density at radius 2 is 1.61 bits per heavy atom. The van der Waals surface area contributed by atoms with Crippen LogP contribution in [0.25, 0.3) is 5.57 Å². The standard InChI is InChI=1S/C31H36ClN5O3S/c1-22-33-19-25(20-34-22)30(38)35-41(39,40)28-10-8-27(9-11-28)37-16-14-36(15-17-37)21-24-12-13-31(2,3)18-29(24)23-4-6-26(32)7-5-23/h4-11,19-20H,12-18,21H2,1-3H3,(H,35,38)/p+1. The second-order valence-electron chi connectivity index (χ2n) is 11.7. The second kappa shape index (κ2) is 12.0. The number of sulfonamides is 1. The highest BCUT2D eigenvalue weighted by Crippen LogP contribution is 2.43. The van der Waals surface area contributed by atoms with Crippen LogP contribution >= 0.6 is 11.6 Å². The minimum absolute atomic E-state index is 0.0863. The van der Waals surface area contributed by atoms with Crippen molar-refractivity contribution >= 4 is 38.8 Å². The monoisotopic (exact) mass is 594 g/mol. The first-order valence-electron chi connectivity index (χ1n) is 14.0. The number of halogens is 1. The van der Waals surface area contributed by atoms with Gasteiger partial charge in [0.15, 0.2) is 0 Å². The molecule has 2 aliphatic rings. The maximum absolute atomic E-state index is 12.8. The van der Waals surface area contributed by atoms with Gasteiger partial charge in [0.1, 0.15) is 16.3 Å². The molecule has 1 amide bonds. The van der Waals surface area contributed by atoms with Crippen LogP contribution in [0.15, 0.2) is 71.4 Å². The molecular weight excluding hydrogens is 558 g/mol. The first-order valence-corrected chi connectivity index (χ1v) is 15.9. The van der Waals surface area contributed by atoms with Crippen molar-refractivity contribution in [2.75, 3.05) is 37.6 Å². The summed E-state index contributed by atoms with van der Waals surface area (Å²) in [7, 11) is -3.90. The fourth-order valence-corrected chi connectivity index (χ4v) is 6.74. The second-order valence-corrected chi connectivity index (χ2v) is 14.0. The fraction of sp³-hybridized carbons (Fsp3) is 0.387. The van der Waals surface area contributed by atoms with Crippen molar-refractivity contribution in [3.05, 3.63) is 88.5 Å². The van der Waals surface area contributed by atoms with Gasteiger partial charge in [0.25, 0.3) is 0 Å². The molecule has 1 fully saturated rings. The summed E-state index contributed by atoms with van der Waals surface area (Å²) in [5.74, 6) is -0.125. The summed E-state index contributed by atoms with van der Waals surface area (Å²) in [5.41, 5.74) is 5.66. The third kappa shape index (κ3) is 7.22. The van der Waals surface area contributed by atoms with Gasteiger partial charge in [-0.3, -0.25) is 4.90 Å². The zero-order chi connectivity index (χ0) is 29.2.